The Hall–Kier alpha value is -2.76. The number of aryl methyl sites for hydroxylation is 1. The normalized spacial score (nSPS) is 15.6. The zero-order valence-electron chi connectivity index (χ0n) is 14.3. The van der Waals surface area contributed by atoms with E-state index in [9.17, 15) is 4.79 Å². The van der Waals surface area contributed by atoms with Crippen LogP contribution in [0.15, 0.2) is 40.9 Å². The van der Waals surface area contributed by atoms with Crippen molar-refractivity contribution in [2.75, 3.05) is 13.1 Å². The molecule has 0 saturated carbocycles. The highest BCUT2D eigenvalue weighted by Crippen LogP contribution is 2.29. The number of para-hydroxylation sites is 1. The molecular formula is C19H22N4O2. The van der Waals surface area contributed by atoms with E-state index in [1.165, 1.54) is 16.6 Å². The molecular weight excluding hydrogens is 316 g/mol. The van der Waals surface area contributed by atoms with Crippen LogP contribution in [0.25, 0.3) is 10.9 Å². The first-order valence-electron chi connectivity index (χ1n) is 8.71. The van der Waals surface area contributed by atoms with E-state index in [1.54, 1.807) is 0 Å². The minimum Gasteiger partial charge on any atom is -0.361 e. The second kappa shape index (κ2) is 6.63. The summed E-state index contributed by atoms with van der Waals surface area (Å²) in [6.07, 6.45) is 1.95. The smallest absolute Gasteiger partial charge is 0.317 e. The lowest BCUT2D eigenvalue weighted by atomic mass is 9.94. The maximum absolute atomic E-state index is 12.3. The average molecular weight is 338 g/mol. The first-order chi connectivity index (χ1) is 12.2. The van der Waals surface area contributed by atoms with E-state index >= 15 is 0 Å². The molecule has 130 valence electrons. The molecule has 2 aromatic heterocycles. The lowest BCUT2D eigenvalue weighted by Crippen LogP contribution is -2.43. The van der Waals surface area contributed by atoms with Gasteiger partial charge in [-0.15, -0.1) is 0 Å². The zero-order valence-corrected chi connectivity index (χ0v) is 14.3. The number of urea groups is 1. The Labute approximate surface area is 146 Å². The molecule has 6 heteroatoms. The van der Waals surface area contributed by atoms with Gasteiger partial charge in [-0.25, -0.2) is 4.79 Å². The fraction of sp³-hybridized carbons (Fsp3) is 0.368. The van der Waals surface area contributed by atoms with Crippen molar-refractivity contribution >= 4 is 16.9 Å². The molecule has 1 aromatic carbocycles. The number of piperidine rings is 1. The van der Waals surface area contributed by atoms with E-state index in [-0.39, 0.29) is 6.03 Å². The van der Waals surface area contributed by atoms with E-state index in [1.807, 2.05) is 24.0 Å². The number of nitrogens with one attached hydrogen (secondary N) is 2. The first kappa shape index (κ1) is 15.7. The summed E-state index contributed by atoms with van der Waals surface area (Å²) < 4.78 is 5.01. The Balaban J connectivity index is 1.32. The summed E-state index contributed by atoms with van der Waals surface area (Å²) in [6, 6.07) is 12.4. The van der Waals surface area contributed by atoms with Gasteiger partial charge in [-0.2, -0.15) is 0 Å². The van der Waals surface area contributed by atoms with Crippen molar-refractivity contribution in [3.8, 4) is 0 Å². The summed E-state index contributed by atoms with van der Waals surface area (Å²) in [5, 5.41) is 8.06. The van der Waals surface area contributed by atoms with Crippen LogP contribution in [0.2, 0.25) is 0 Å². The Bertz CT molecular complexity index is 841. The van der Waals surface area contributed by atoms with E-state index in [0.29, 0.717) is 12.5 Å². The number of rotatable bonds is 3. The lowest BCUT2D eigenvalue weighted by molar-refractivity contribution is 0.180. The van der Waals surface area contributed by atoms with Crippen molar-refractivity contribution in [2.45, 2.75) is 32.2 Å². The van der Waals surface area contributed by atoms with Gasteiger partial charge < -0.3 is 19.7 Å². The quantitative estimate of drug-likeness (QED) is 0.767. The van der Waals surface area contributed by atoms with E-state index in [2.05, 4.69) is 39.7 Å². The van der Waals surface area contributed by atoms with Crippen molar-refractivity contribution in [1.29, 1.82) is 0 Å². The molecule has 0 atom stereocenters. The number of aromatic nitrogens is 2. The molecule has 0 spiro atoms. The van der Waals surface area contributed by atoms with Crippen LogP contribution in [0.5, 0.6) is 0 Å². The molecule has 25 heavy (non-hydrogen) atoms. The van der Waals surface area contributed by atoms with Crippen LogP contribution >= 0.6 is 0 Å². The number of hydrogen-bond donors (Lipinski definition) is 2. The monoisotopic (exact) mass is 338 g/mol. The van der Waals surface area contributed by atoms with Crippen molar-refractivity contribution in [3.05, 3.63) is 53.5 Å². The molecule has 3 aromatic rings. The van der Waals surface area contributed by atoms with Gasteiger partial charge in [-0.05, 0) is 37.3 Å². The molecule has 3 heterocycles. The van der Waals surface area contributed by atoms with Gasteiger partial charge in [-0.3, -0.25) is 0 Å². The number of hydrogen-bond acceptors (Lipinski definition) is 3. The minimum absolute atomic E-state index is 0.0317. The van der Waals surface area contributed by atoms with Crippen LogP contribution in [-0.4, -0.2) is 34.2 Å². The van der Waals surface area contributed by atoms with Gasteiger partial charge in [0.1, 0.15) is 11.5 Å². The summed E-state index contributed by atoms with van der Waals surface area (Å²) in [5.74, 6) is 1.23. The number of fused-ring (bicyclic) bond motifs is 1. The molecule has 4 rings (SSSR count). The molecule has 2 amide bonds. The fourth-order valence-electron chi connectivity index (χ4n) is 3.49. The third-order valence-corrected chi connectivity index (χ3v) is 4.87. The minimum atomic E-state index is -0.0317. The van der Waals surface area contributed by atoms with Crippen LogP contribution in [0.3, 0.4) is 0 Å². The highest BCUT2D eigenvalue weighted by molar-refractivity contribution is 5.80. The number of carbonyl (C=O) groups is 1. The molecule has 0 bridgehead atoms. The predicted molar refractivity (Wildman–Crippen MR) is 95.3 cm³/mol. The molecule has 0 unspecified atom stereocenters. The number of carbonyl (C=O) groups excluding carboxylic acids is 1. The van der Waals surface area contributed by atoms with Crippen molar-refractivity contribution in [1.82, 2.24) is 20.4 Å². The van der Waals surface area contributed by atoms with E-state index < -0.39 is 0 Å². The number of benzene rings is 1. The van der Waals surface area contributed by atoms with Gasteiger partial charge >= 0.3 is 6.03 Å². The van der Waals surface area contributed by atoms with Crippen molar-refractivity contribution in [2.24, 2.45) is 0 Å². The topological polar surface area (TPSA) is 74.2 Å². The second-order valence-electron chi connectivity index (χ2n) is 6.66. The molecule has 1 fully saturated rings. The summed E-state index contributed by atoms with van der Waals surface area (Å²) in [5.41, 5.74) is 3.21. The summed E-state index contributed by atoms with van der Waals surface area (Å²) in [4.78, 5) is 17.7. The summed E-state index contributed by atoms with van der Waals surface area (Å²) >= 11 is 0. The summed E-state index contributed by atoms with van der Waals surface area (Å²) in [6.45, 7) is 3.78. The Morgan fingerprint density at radius 1 is 1.32 bits per heavy atom. The van der Waals surface area contributed by atoms with Crippen LogP contribution in [0.4, 0.5) is 4.79 Å². The molecule has 1 aliphatic rings. The molecule has 1 saturated heterocycles. The predicted octanol–water partition coefficient (Wildman–Crippen LogP) is 3.55. The molecule has 1 aliphatic heterocycles. The SMILES string of the molecule is Cc1cc(CNC(=O)N2CCC(c3cc4ccccc4[nH]3)CC2)no1. The van der Waals surface area contributed by atoms with Crippen LogP contribution in [0, 0.1) is 6.92 Å². The van der Waals surface area contributed by atoms with E-state index in [4.69, 9.17) is 4.52 Å². The Kier molecular flexibility index (Phi) is 4.17. The third kappa shape index (κ3) is 3.38. The first-order valence-corrected chi connectivity index (χ1v) is 8.71. The number of amides is 2. The van der Waals surface area contributed by atoms with Crippen LogP contribution in [0.1, 0.15) is 35.9 Å². The third-order valence-electron chi connectivity index (χ3n) is 4.87. The standard InChI is InChI=1S/C19H22N4O2/c1-13-10-16(22-25-13)12-20-19(24)23-8-6-14(7-9-23)18-11-15-4-2-3-5-17(15)21-18/h2-5,10-11,14,21H,6-9,12H2,1H3,(H,20,24). The van der Waals surface area contributed by atoms with Crippen LogP contribution < -0.4 is 5.32 Å². The van der Waals surface area contributed by atoms with Crippen molar-refractivity contribution < 1.29 is 9.32 Å². The van der Waals surface area contributed by atoms with Gasteiger partial charge in [0.05, 0.1) is 6.54 Å². The number of aromatic amines is 1. The molecule has 0 aliphatic carbocycles. The van der Waals surface area contributed by atoms with Gasteiger partial charge in [0, 0.05) is 36.3 Å². The molecule has 0 radical (unpaired) electrons. The van der Waals surface area contributed by atoms with Gasteiger partial charge in [0.15, 0.2) is 0 Å². The Morgan fingerprint density at radius 3 is 2.84 bits per heavy atom. The van der Waals surface area contributed by atoms with Gasteiger partial charge in [0.25, 0.3) is 0 Å². The number of likely N-dealkylation sites (tertiary alicyclic amines) is 1. The van der Waals surface area contributed by atoms with Crippen LogP contribution in [-0.2, 0) is 6.54 Å². The zero-order chi connectivity index (χ0) is 17.2. The number of H-pyrrole nitrogens is 1. The average Bonchev–Trinajstić information content (AvgIpc) is 3.25. The lowest BCUT2D eigenvalue weighted by Gasteiger charge is -2.31. The van der Waals surface area contributed by atoms with Gasteiger partial charge in [0.2, 0.25) is 0 Å². The molecule has 2 N–H and O–H groups in total. The van der Waals surface area contributed by atoms with Crippen molar-refractivity contribution in [3.63, 3.8) is 0 Å². The molecule has 6 nitrogen and oxygen atoms in total. The van der Waals surface area contributed by atoms with Gasteiger partial charge in [-0.1, -0.05) is 23.4 Å². The van der Waals surface area contributed by atoms with E-state index in [0.717, 1.165) is 37.4 Å². The Morgan fingerprint density at radius 2 is 2.12 bits per heavy atom. The summed E-state index contributed by atoms with van der Waals surface area (Å²) in [7, 11) is 0. The maximum atomic E-state index is 12.3. The maximum Gasteiger partial charge on any atom is 0.317 e. The second-order valence-corrected chi connectivity index (χ2v) is 6.66. The fourth-order valence-corrected chi connectivity index (χ4v) is 3.49. The highest BCUT2D eigenvalue weighted by atomic mass is 16.5. The largest absolute Gasteiger partial charge is 0.361 e. The number of nitrogens with zero attached hydrogens (tertiary/aromatic N) is 2. The highest BCUT2D eigenvalue weighted by Gasteiger charge is 2.24.